The molecule has 0 saturated carbocycles. The predicted octanol–water partition coefficient (Wildman–Crippen LogP) is 0.817. The summed E-state index contributed by atoms with van der Waals surface area (Å²) in [7, 11) is 0. The molecule has 88 valence electrons. The maximum absolute atomic E-state index is 7.42. The summed E-state index contributed by atoms with van der Waals surface area (Å²) in [6.45, 7) is 3.86. The zero-order chi connectivity index (χ0) is 12.4. The molecule has 6 heteroatoms. The molecule has 0 saturated heterocycles. The lowest BCUT2D eigenvalue weighted by molar-refractivity contribution is 0.827. The van der Waals surface area contributed by atoms with E-state index in [-0.39, 0.29) is 5.84 Å². The molecule has 0 aliphatic rings. The highest BCUT2D eigenvalue weighted by molar-refractivity contribution is 5.93. The van der Waals surface area contributed by atoms with E-state index >= 15 is 0 Å². The number of nitrogens with two attached hydrogens (primary N) is 1. The molecule has 0 aromatic carbocycles. The van der Waals surface area contributed by atoms with Gasteiger partial charge in [0.1, 0.15) is 17.4 Å². The van der Waals surface area contributed by atoms with Crippen molar-refractivity contribution in [1.82, 2.24) is 19.5 Å². The number of nitrogens with one attached hydrogen (secondary N) is 1. The van der Waals surface area contributed by atoms with Crippen molar-refractivity contribution in [2.45, 2.75) is 20.3 Å². The van der Waals surface area contributed by atoms with E-state index in [9.17, 15) is 0 Å². The van der Waals surface area contributed by atoms with Crippen LogP contribution in [0.1, 0.15) is 24.1 Å². The van der Waals surface area contributed by atoms with Crippen LogP contribution in [-0.2, 0) is 6.42 Å². The van der Waals surface area contributed by atoms with Crippen LogP contribution < -0.4 is 5.73 Å². The Morgan fingerprint density at radius 3 is 2.88 bits per heavy atom. The minimum atomic E-state index is -0.0603. The molecule has 6 nitrogen and oxygen atoms in total. The average molecular weight is 230 g/mol. The third-order valence-corrected chi connectivity index (χ3v) is 2.37. The van der Waals surface area contributed by atoms with Gasteiger partial charge >= 0.3 is 0 Å². The highest BCUT2D eigenvalue weighted by atomic mass is 15.2. The van der Waals surface area contributed by atoms with Gasteiger partial charge in [0.2, 0.25) is 5.95 Å². The summed E-state index contributed by atoms with van der Waals surface area (Å²) in [5.74, 6) is 1.32. The topological polar surface area (TPSA) is 93.5 Å². The van der Waals surface area contributed by atoms with E-state index in [1.165, 1.54) is 0 Å². The fourth-order valence-corrected chi connectivity index (χ4v) is 1.58. The summed E-state index contributed by atoms with van der Waals surface area (Å²) in [4.78, 5) is 12.8. The third kappa shape index (κ3) is 2.15. The van der Waals surface area contributed by atoms with Crippen LogP contribution in [0.25, 0.3) is 5.95 Å². The van der Waals surface area contributed by atoms with Crippen molar-refractivity contribution in [3.05, 3.63) is 35.7 Å². The maximum Gasteiger partial charge on any atom is 0.236 e. The summed E-state index contributed by atoms with van der Waals surface area (Å²) < 4.78 is 1.80. The Balaban J connectivity index is 2.56. The number of imidazole rings is 1. The zero-order valence-corrected chi connectivity index (χ0v) is 9.81. The first-order chi connectivity index (χ1) is 8.11. The van der Waals surface area contributed by atoms with Crippen molar-refractivity contribution in [2.24, 2.45) is 5.73 Å². The van der Waals surface area contributed by atoms with Crippen LogP contribution in [0.2, 0.25) is 0 Å². The van der Waals surface area contributed by atoms with E-state index in [0.717, 1.165) is 17.9 Å². The molecule has 0 bridgehead atoms. The Morgan fingerprint density at radius 2 is 2.24 bits per heavy atom. The molecule has 2 rings (SSSR count). The molecule has 17 heavy (non-hydrogen) atoms. The summed E-state index contributed by atoms with van der Waals surface area (Å²) >= 11 is 0. The molecule has 0 spiro atoms. The van der Waals surface area contributed by atoms with Crippen LogP contribution >= 0.6 is 0 Å². The molecule has 2 aromatic heterocycles. The average Bonchev–Trinajstić information content (AvgIpc) is 2.76. The number of aryl methyl sites for hydroxylation is 2. The van der Waals surface area contributed by atoms with Gasteiger partial charge in [0.05, 0.1) is 0 Å². The van der Waals surface area contributed by atoms with Crippen molar-refractivity contribution < 1.29 is 0 Å². The fourth-order valence-electron chi connectivity index (χ4n) is 1.58. The number of amidine groups is 1. The lowest BCUT2D eigenvalue weighted by Gasteiger charge is -2.07. The van der Waals surface area contributed by atoms with Crippen LogP contribution in [0.15, 0.2) is 18.5 Å². The number of hydrogen-bond donors (Lipinski definition) is 2. The van der Waals surface area contributed by atoms with Crippen molar-refractivity contribution >= 4 is 5.84 Å². The van der Waals surface area contributed by atoms with Gasteiger partial charge in [-0.2, -0.15) is 0 Å². The normalized spacial score (nSPS) is 10.5. The zero-order valence-electron chi connectivity index (χ0n) is 9.81. The number of rotatable bonds is 3. The molecule has 0 aliphatic carbocycles. The SMILES string of the molecule is CCc1nccn1-c1nc(C)cc(C(=N)N)n1. The molecule has 0 radical (unpaired) electrons. The van der Waals surface area contributed by atoms with Gasteiger partial charge in [-0.3, -0.25) is 9.98 Å². The van der Waals surface area contributed by atoms with Gasteiger partial charge in [0.25, 0.3) is 0 Å². The van der Waals surface area contributed by atoms with Crippen LogP contribution in [0, 0.1) is 12.3 Å². The number of nitrogens with zero attached hydrogens (tertiary/aromatic N) is 4. The van der Waals surface area contributed by atoms with Crippen molar-refractivity contribution in [2.75, 3.05) is 0 Å². The quantitative estimate of drug-likeness (QED) is 0.603. The molecule has 0 unspecified atom stereocenters. The highest BCUT2D eigenvalue weighted by Crippen LogP contribution is 2.08. The maximum atomic E-state index is 7.42. The standard InChI is InChI=1S/C11H14N6/c1-3-9-14-4-5-17(9)11-15-7(2)6-8(16-11)10(12)13/h4-6H,3H2,1-2H3,(H3,12,13). The molecule has 2 heterocycles. The van der Waals surface area contributed by atoms with E-state index in [2.05, 4.69) is 15.0 Å². The Labute approximate surface area is 99.1 Å². The van der Waals surface area contributed by atoms with Crippen molar-refractivity contribution in [3.63, 3.8) is 0 Å². The molecule has 0 amide bonds. The molecule has 0 atom stereocenters. The fraction of sp³-hybridized carbons (Fsp3) is 0.273. The van der Waals surface area contributed by atoms with Crippen LogP contribution in [0.5, 0.6) is 0 Å². The van der Waals surface area contributed by atoms with Crippen molar-refractivity contribution in [3.8, 4) is 5.95 Å². The van der Waals surface area contributed by atoms with Gasteiger partial charge in [-0.25, -0.2) is 15.0 Å². The largest absolute Gasteiger partial charge is 0.382 e. The second-order valence-corrected chi connectivity index (χ2v) is 3.68. The van der Waals surface area contributed by atoms with Gasteiger partial charge in [-0.15, -0.1) is 0 Å². The second-order valence-electron chi connectivity index (χ2n) is 3.68. The Hall–Kier alpha value is -2.24. The monoisotopic (exact) mass is 230 g/mol. The summed E-state index contributed by atoms with van der Waals surface area (Å²) in [6, 6.07) is 1.69. The lowest BCUT2D eigenvalue weighted by atomic mass is 10.3. The van der Waals surface area contributed by atoms with Gasteiger partial charge in [-0.05, 0) is 13.0 Å². The molecule has 2 aromatic rings. The third-order valence-electron chi connectivity index (χ3n) is 2.37. The highest BCUT2D eigenvalue weighted by Gasteiger charge is 2.09. The van der Waals surface area contributed by atoms with Gasteiger partial charge in [0.15, 0.2) is 0 Å². The summed E-state index contributed by atoms with van der Waals surface area (Å²) in [5, 5.41) is 7.42. The van der Waals surface area contributed by atoms with Crippen LogP contribution in [-0.4, -0.2) is 25.4 Å². The van der Waals surface area contributed by atoms with E-state index in [0.29, 0.717) is 11.6 Å². The van der Waals surface area contributed by atoms with Gasteiger partial charge in [-0.1, -0.05) is 6.92 Å². The van der Waals surface area contributed by atoms with E-state index in [4.69, 9.17) is 11.1 Å². The lowest BCUT2D eigenvalue weighted by Crippen LogP contribution is -2.16. The minimum Gasteiger partial charge on any atom is -0.382 e. The van der Waals surface area contributed by atoms with E-state index in [1.807, 2.05) is 13.8 Å². The molecular formula is C11H14N6. The Morgan fingerprint density at radius 1 is 1.47 bits per heavy atom. The van der Waals surface area contributed by atoms with E-state index < -0.39 is 0 Å². The molecule has 0 fully saturated rings. The molecular weight excluding hydrogens is 216 g/mol. The Kier molecular flexibility index (Phi) is 2.86. The number of aromatic nitrogens is 4. The molecule has 3 N–H and O–H groups in total. The smallest absolute Gasteiger partial charge is 0.236 e. The van der Waals surface area contributed by atoms with Gasteiger partial charge in [0, 0.05) is 24.5 Å². The summed E-state index contributed by atoms with van der Waals surface area (Å²) in [5.41, 5.74) is 6.65. The molecule has 0 aliphatic heterocycles. The Bertz CT molecular complexity index is 557. The predicted molar refractivity (Wildman–Crippen MR) is 64.3 cm³/mol. The van der Waals surface area contributed by atoms with Crippen LogP contribution in [0.4, 0.5) is 0 Å². The van der Waals surface area contributed by atoms with Crippen molar-refractivity contribution in [1.29, 1.82) is 5.41 Å². The number of nitrogen functional groups attached to an aromatic ring is 1. The first-order valence-corrected chi connectivity index (χ1v) is 5.34. The first kappa shape index (κ1) is 11.3. The second kappa shape index (κ2) is 4.32. The summed E-state index contributed by atoms with van der Waals surface area (Å²) in [6.07, 6.45) is 4.30. The van der Waals surface area contributed by atoms with Gasteiger partial charge < -0.3 is 5.73 Å². The van der Waals surface area contributed by atoms with E-state index in [1.54, 1.807) is 23.0 Å². The first-order valence-electron chi connectivity index (χ1n) is 5.34. The minimum absolute atomic E-state index is 0.0603. The van der Waals surface area contributed by atoms with Crippen LogP contribution in [0.3, 0.4) is 0 Å². The number of hydrogen-bond acceptors (Lipinski definition) is 4.